The van der Waals surface area contributed by atoms with Gasteiger partial charge in [-0.3, -0.25) is 0 Å². The molecule has 2 heteroatoms. The summed E-state index contributed by atoms with van der Waals surface area (Å²) in [4.78, 5) is 12.0. The van der Waals surface area contributed by atoms with Gasteiger partial charge in [-0.25, -0.2) is 4.79 Å². The summed E-state index contributed by atoms with van der Waals surface area (Å²) in [7, 11) is 1.43. The van der Waals surface area contributed by atoms with Gasteiger partial charge in [-0.15, -0.1) is 0 Å². The molecule has 0 N–H and O–H groups in total. The first-order chi connectivity index (χ1) is 10.0. The minimum Gasteiger partial charge on any atom is -0.466 e. The Morgan fingerprint density at radius 1 is 0.857 bits per heavy atom. The Morgan fingerprint density at radius 2 is 1.33 bits per heavy atom. The number of methoxy groups -OCH3 is 1. The maximum Gasteiger partial charge on any atom is 0.334 e. The predicted octanol–water partition coefficient (Wildman–Crippen LogP) is 4.28. The highest BCUT2D eigenvalue weighted by molar-refractivity contribution is 6.09. The van der Waals surface area contributed by atoms with Gasteiger partial charge < -0.3 is 4.74 Å². The fourth-order valence-electron chi connectivity index (χ4n) is 3.00. The molecule has 3 rings (SSSR count). The van der Waals surface area contributed by atoms with E-state index in [1.54, 1.807) is 0 Å². The lowest BCUT2D eigenvalue weighted by Crippen LogP contribution is -2.04. The van der Waals surface area contributed by atoms with Crippen molar-refractivity contribution in [3.8, 4) is 11.1 Å². The van der Waals surface area contributed by atoms with Crippen molar-refractivity contribution in [1.82, 2.24) is 0 Å². The van der Waals surface area contributed by atoms with Crippen molar-refractivity contribution in [2.24, 2.45) is 0 Å². The lowest BCUT2D eigenvalue weighted by atomic mass is 9.97. The average molecular weight is 278 g/mol. The summed E-state index contributed by atoms with van der Waals surface area (Å²) < 4.78 is 4.92. The highest BCUT2D eigenvalue weighted by Gasteiger charge is 2.27. The molecule has 0 radical (unpaired) electrons. The molecule has 1 aliphatic carbocycles. The Balaban J connectivity index is 2.38. The summed E-state index contributed by atoms with van der Waals surface area (Å²) in [5.74, 6) is -0.271. The van der Waals surface area contributed by atoms with E-state index in [9.17, 15) is 4.79 Å². The van der Waals surface area contributed by atoms with Crippen LogP contribution < -0.4 is 0 Å². The average Bonchev–Trinajstić information content (AvgIpc) is 2.77. The molecule has 0 heterocycles. The van der Waals surface area contributed by atoms with Gasteiger partial charge >= 0.3 is 5.97 Å². The van der Waals surface area contributed by atoms with Crippen molar-refractivity contribution in [3.63, 3.8) is 0 Å². The Morgan fingerprint density at radius 3 is 1.76 bits per heavy atom. The molecule has 21 heavy (non-hydrogen) atoms. The lowest BCUT2D eigenvalue weighted by Gasteiger charge is -2.08. The standard InChI is InChI=1S/C19H18O2/c1-11-5-7-14-15-8-6-12(2)10-17(15)18(16(14)9-11)13(3)19(20)21-4/h5-10H,1-4H3. The molecule has 0 saturated carbocycles. The van der Waals surface area contributed by atoms with Crippen LogP contribution in [0.3, 0.4) is 0 Å². The number of hydrogen-bond acceptors (Lipinski definition) is 2. The van der Waals surface area contributed by atoms with Gasteiger partial charge in [0.2, 0.25) is 0 Å². The summed E-state index contributed by atoms with van der Waals surface area (Å²) >= 11 is 0. The summed E-state index contributed by atoms with van der Waals surface area (Å²) in [5.41, 5.74) is 8.66. The number of aryl methyl sites for hydroxylation is 2. The predicted molar refractivity (Wildman–Crippen MR) is 85.1 cm³/mol. The number of ether oxygens (including phenoxy) is 1. The smallest absolute Gasteiger partial charge is 0.334 e. The maximum atomic E-state index is 12.0. The van der Waals surface area contributed by atoms with Crippen LogP contribution >= 0.6 is 0 Å². The molecule has 0 aliphatic heterocycles. The molecule has 2 aromatic rings. The summed E-state index contributed by atoms with van der Waals surface area (Å²) in [6.45, 7) is 5.98. The first kappa shape index (κ1) is 13.6. The number of carbonyl (C=O) groups is 1. The molecular formula is C19H18O2. The van der Waals surface area contributed by atoms with Gasteiger partial charge in [0.05, 0.1) is 7.11 Å². The third-order valence-electron chi connectivity index (χ3n) is 4.05. The fraction of sp³-hybridized carbons (Fsp3) is 0.211. The minimum atomic E-state index is -0.271. The largest absolute Gasteiger partial charge is 0.466 e. The zero-order valence-electron chi connectivity index (χ0n) is 12.8. The Bertz CT molecular complexity index is 729. The monoisotopic (exact) mass is 278 g/mol. The van der Waals surface area contributed by atoms with E-state index in [1.165, 1.54) is 29.4 Å². The first-order valence-electron chi connectivity index (χ1n) is 7.04. The van der Waals surface area contributed by atoms with Gasteiger partial charge in [0.15, 0.2) is 0 Å². The Hall–Kier alpha value is -2.35. The van der Waals surface area contributed by atoms with Crippen LogP contribution in [0.4, 0.5) is 0 Å². The van der Waals surface area contributed by atoms with Crippen LogP contribution in [0.25, 0.3) is 16.7 Å². The van der Waals surface area contributed by atoms with Gasteiger partial charge in [-0.2, -0.15) is 0 Å². The highest BCUT2D eigenvalue weighted by atomic mass is 16.5. The molecule has 0 fully saturated rings. The SMILES string of the molecule is COC(=O)C(C)=C1c2cc(C)ccc2-c2ccc(C)cc21. The highest BCUT2D eigenvalue weighted by Crippen LogP contribution is 2.46. The second-order valence-electron chi connectivity index (χ2n) is 5.59. The van der Waals surface area contributed by atoms with E-state index in [-0.39, 0.29) is 5.97 Å². The molecule has 2 nitrogen and oxygen atoms in total. The molecule has 106 valence electrons. The third kappa shape index (κ3) is 2.07. The van der Waals surface area contributed by atoms with Crippen LogP contribution in [0.2, 0.25) is 0 Å². The van der Waals surface area contributed by atoms with E-state index >= 15 is 0 Å². The summed E-state index contributed by atoms with van der Waals surface area (Å²) in [6.07, 6.45) is 0. The van der Waals surface area contributed by atoms with Gasteiger partial charge in [0.25, 0.3) is 0 Å². The number of fused-ring (bicyclic) bond motifs is 3. The molecule has 2 aromatic carbocycles. The van der Waals surface area contributed by atoms with Crippen LogP contribution in [0.1, 0.15) is 29.2 Å². The van der Waals surface area contributed by atoms with Crippen LogP contribution in [-0.2, 0) is 9.53 Å². The van der Waals surface area contributed by atoms with Gasteiger partial charge in [0.1, 0.15) is 0 Å². The molecule has 0 atom stereocenters. The number of benzene rings is 2. The summed E-state index contributed by atoms with van der Waals surface area (Å²) in [5, 5.41) is 0. The van der Waals surface area contributed by atoms with E-state index < -0.39 is 0 Å². The van der Waals surface area contributed by atoms with Crippen molar-refractivity contribution in [2.45, 2.75) is 20.8 Å². The van der Waals surface area contributed by atoms with E-state index in [2.05, 4.69) is 50.2 Å². The number of esters is 1. The van der Waals surface area contributed by atoms with Crippen LogP contribution in [0.15, 0.2) is 42.0 Å². The molecule has 0 spiro atoms. The topological polar surface area (TPSA) is 26.3 Å². The number of hydrogen-bond donors (Lipinski definition) is 0. The molecule has 1 aliphatic rings. The van der Waals surface area contributed by atoms with Crippen LogP contribution in [0.5, 0.6) is 0 Å². The van der Waals surface area contributed by atoms with Crippen molar-refractivity contribution < 1.29 is 9.53 Å². The fourth-order valence-corrected chi connectivity index (χ4v) is 3.00. The van der Waals surface area contributed by atoms with Gasteiger partial charge in [0, 0.05) is 11.1 Å². The van der Waals surface area contributed by atoms with Gasteiger partial charge in [-0.05, 0) is 43.0 Å². The van der Waals surface area contributed by atoms with Crippen molar-refractivity contribution in [2.75, 3.05) is 7.11 Å². The summed E-state index contributed by atoms with van der Waals surface area (Å²) in [6, 6.07) is 12.8. The first-order valence-corrected chi connectivity index (χ1v) is 7.04. The van der Waals surface area contributed by atoms with E-state index in [0.29, 0.717) is 5.57 Å². The number of carbonyl (C=O) groups excluding carboxylic acids is 1. The normalized spacial score (nSPS) is 11.9. The molecule has 0 saturated heterocycles. The van der Waals surface area contributed by atoms with Crippen molar-refractivity contribution in [3.05, 3.63) is 64.2 Å². The van der Waals surface area contributed by atoms with Crippen LogP contribution in [0, 0.1) is 13.8 Å². The van der Waals surface area contributed by atoms with E-state index in [0.717, 1.165) is 16.7 Å². The van der Waals surface area contributed by atoms with Crippen molar-refractivity contribution in [1.29, 1.82) is 0 Å². The molecule has 0 aromatic heterocycles. The minimum absolute atomic E-state index is 0.271. The maximum absolute atomic E-state index is 12.0. The second kappa shape index (κ2) is 4.88. The lowest BCUT2D eigenvalue weighted by molar-refractivity contribution is -0.135. The van der Waals surface area contributed by atoms with Crippen molar-refractivity contribution >= 4 is 11.5 Å². The Kier molecular flexibility index (Phi) is 3.17. The molecule has 0 unspecified atom stereocenters. The molecular weight excluding hydrogens is 260 g/mol. The number of rotatable bonds is 1. The van der Waals surface area contributed by atoms with Crippen LogP contribution in [-0.4, -0.2) is 13.1 Å². The molecule has 0 bridgehead atoms. The molecule has 0 amide bonds. The zero-order chi connectivity index (χ0) is 15.1. The van der Waals surface area contributed by atoms with E-state index in [4.69, 9.17) is 4.74 Å². The van der Waals surface area contributed by atoms with Gasteiger partial charge in [-0.1, -0.05) is 47.5 Å². The van der Waals surface area contributed by atoms with E-state index in [1.807, 2.05) is 6.92 Å². The second-order valence-corrected chi connectivity index (χ2v) is 5.59. The third-order valence-corrected chi connectivity index (χ3v) is 4.05. The Labute approximate surface area is 125 Å². The zero-order valence-corrected chi connectivity index (χ0v) is 12.8. The quantitative estimate of drug-likeness (QED) is 0.490.